The summed E-state index contributed by atoms with van der Waals surface area (Å²) in [6.07, 6.45) is -2.78. The molecule has 0 spiro atoms. The van der Waals surface area contributed by atoms with Gasteiger partial charge in [-0.25, -0.2) is 4.79 Å². The van der Waals surface area contributed by atoms with E-state index in [4.69, 9.17) is 9.47 Å². The number of benzene rings is 1. The molecule has 1 amide bonds. The van der Waals surface area contributed by atoms with Crippen molar-refractivity contribution in [3.05, 3.63) is 23.3 Å². The zero-order valence-corrected chi connectivity index (χ0v) is 14.8. The Bertz CT molecular complexity index is 610. The molecular weight excluding hydrogens is 330 g/mol. The highest BCUT2D eigenvalue weighted by Crippen LogP contribution is 2.33. The molecule has 0 heterocycles. The smallest absolute Gasteiger partial charge is 0.407 e. The van der Waals surface area contributed by atoms with Gasteiger partial charge < -0.3 is 30.1 Å². The Morgan fingerprint density at radius 2 is 1.96 bits per heavy atom. The summed E-state index contributed by atoms with van der Waals surface area (Å²) in [4.78, 5) is 22.7. The van der Waals surface area contributed by atoms with Crippen molar-refractivity contribution in [3.63, 3.8) is 0 Å². The van der Waals surface area contributed by atoms with E-state index in [0.717, 1.165) is 6.07 Å². The number of aliphatic hydroxyl groups is 2. The topological polar surface area (TPSA) is 125 Å². The van der Waals surface area contributed by atoms with Gasteiger partial charge >= 0.3 is 6.09 Å². The molecule has 1 aromatic rings. The molecule has 0 fully saturated rings. The molecule has 2 atom stereocenters. The molecule has 0 aliphatic heterocycles. The summed E-state index contributed by atoms with van der Waals surface area (Å²) in [7, 11) is 1.33. The molecular formula is C17H25NO7. The summed E-state index contributed by atoms with van der Waals surface area (Å²) >= 11 is 0. The molecule has 0 saturated carbocycles. The third-order valence-corrected chi connectivity index (χ3v) is 3.30. The van der Waals surface area contributed by atoms with Crippen molar-refractivity contribution in [1.29, 1.82) is 0 Å². The van der Waals surface area contributed by atoms with Crippen LogP contribution in [0.2, 0.25) is 0 Å². The molecule has 8 nitrogen and oxygen atoms in total. The van der Waals surface area contributed by atoms with Crippen molar-refractivity contribution >= 4 is 12.4 Å². The zero-order valence-electron chi connectivity index (χ0n) is 14.8. The second-order valence-electron chi connectivity index (χ2n) is 6.50. The fourth-order valence-electron chi connectivity index (χ4n) is 2.12. The Kier molecular flexibility index (Phi) is 7.20. The minimum Gasteiger partial charge on any atom is -0.504 e. The Balaban J connectivity index is 2.72. The van der Waals surface area contributed by atoms with Crippen LogP contribution < -0.4 is 10.1 Å². The lowest BCUT2D eigenvalue weighted by Crippen LogP contribution is -2.34. The van der Waals surface area contributed by atoms with Crippen LogP contribution in [0.15, 0.2) is 12.1 Å². The van der Waals surface area contributed by atoms with Gasteiger partial charge in [0.25, 0.3) is 0 Å². The van der Waals surface area contributed by atoms with Gasteiger partial charge in [-0.1, -0.05) is 0 Å². The number of hydrogen-bond acceptors (Lipinski definition) is 7. The van der Waals surface area contributed by atoms with Crippen molar-refractivity contribution in [2.24, 2.45) is 0 Å². The first kappa shape index (κ1) is 20.7. The van der Waals surface area contributed by atoms with Gasteiger partial charge in [-0.15, -0.1) is 0 Å². The highest BCUT2D eigenvalue weighted by molar-refractivity contribution is 5.79. The number of phenols is 1. The molecule has 8 heteroatoms. The largest absolute Gasteiger partial charge is 0.504 e. The summed E-state index contributed by atoms with van der Waals surface area (Å²) in [6.45, 7) is 5.25. The van der Waals surface area contributed by atoms with Gasteiger partial charge in [-0.05, 0) is 44.9 Å². The fraction of sp³-hybridized carbons (Fsp3) is 0.529. The fourth-order valence-corrected chi connectivity index (χ4v) is 2.12. The molecule has 0 aromatic heterocycles. The first-order chi connectivity index (χ1) is 11.6. The average molecular weight is 355 g/mol. The highest BCUT2D eigenvalue weighted by atomic mass is 16.6. The van der Waals surface area contributed by atoms with Crippen LogP contribution in [0.1, 0.15) is 49.2 Å². The monoisotopic (exact) mass is 355 g/mol. The van der Waals surface area contributed by atoms with Gasteiger partial charge in [0.2, 0.25) is 0 Å². The van der Waals surface area contributed by atoms with E-state index in [9.17, 15) is 24.9 Å². The van der Waals surface area contributed by atoms with Crippen molar-refractivity contribution in [3.8, 4) is 11.5 Å². The Labute approximate surface area is 146 Å². The van der Waals surface area contributed by atoms with Crippen LogP contribution in [-0.2, 0) is 4.74 Å². The lowest BCUT2D eigenvalue weighted by molar-refractivity contribution is 0.0119. The quantitative estimate of drug-likeness (QED) is 0.546. The molecule has 0 aliphatic carbocycles. The predicted octanol–water partition coefficient (Wildman–Crippen LogP) is 1.52. The third kappa shape index (κ3) is 6.24. The van der Waals surface area contributed by atoms with Gasteiger partial charge in [-0.3, -0.25) is 4.79 Å². The van der Waals surface area contributed by atoms with Gasteiger partial charge in [-0.2, -0.15) is 0 Å². The Morgan fingerprint density at radius 3 is 2.48 bits per heavy atom. The lowest BCUT2D eigenvalue weighted by atomic mass is 9.97. The average Bonchev–Trinajstić information content (AvgIpc) is 2.51. The summed E-state index contributed by atoms with van der Waals surface area (Å²) in [5.41, 5.74) is -0.483. The van der Waals surface area contributed by atoms with E-state index in [0.29, 0.717) is 6.29 Å². The van der Waals surface area contributed by atoms with E-state index in [2.05, 4.69) is 5.32 Å². The number of nitrogens with one attached hydrogen (secondary N) is 1. The number of aliphatic hydroxyl groups excluding tert-OH is 2. The number of alkyl carbamates (subject to hydrolysis) is 1. The van der Waals surface area contributed by atoms with Crippen molar-refractivity contribution in [2.75, 3.05) is 13.7 Å². The number of rotatable bonds is 7. The van der Waals surface area contributed by atoms with Crippen molar-refractivity contribution in [1.82, 2.24) is 5.32 Å². The standard InChI is InChI=1S/C17H25NO7/c1-17(2,3)25-16(23)18-6-5-12(20)15(22)11-8-14(24-4)13(21)7-10(11)9-19/h7-9,12,15,20-22H,5-6H2,1-4H3,(H,18,23). The van der Waals surface area contributed by atoms with Crippen LogP contribution in [0.3, 0.4) is 0 Å². The SMILES string of the molecule is COc1cc(C(O)C(O)CCNC(=O)OC(C)(C)C)c(C=O)cc1O. The number of amides is 1. The normalized spacial score (nSPS) is 13.7. The zero-order chi connectivity index (χ0) is 19.2. The molecule has 1 aromatic carbocycles. The Morgan fingerprint density at radius 1 is 1.32 bits per heavy atom. The van der Waals surface area contributed by atoms with Crippen LogP contribution in [-0.4, -0.2) is 53.1 Å². The van der Waals surface area contributed by atoms with Gasteiger partial charge in [0.05, 0.1) is 13.2 Å². The summed E-state index contributed by atoms with van der Waals surface area (Å²) in [5.74, 6) is -0.180. The first-order valence-electron chi connectivity index (χ1n) is 7.78. The van der Waals surface area contributed by atoms with E-state index in [1.54, 1.807) is 20.8 Å². The summed E-state index contributed by atoms with van der Waals surface area (Å²) in [6, 6.07) is 2.43. The molecule has 0 saturated heterocycles. The summed E-state index contributed by atoms with van der Waals surface area (Å²) < 4.78 is 10.0. The minimum atomic E-state index is -1.39. The second kappa shape index (κ2) is 8.68. The van der Waals surface area contributed by atoms with E-state index >= 15 is 0 Å². The second-order valence-corrected chi connectivity index (χ2v) is 6.50. The number of aromatic hydroxyl groups is 1. The maximum absolute atomic E-state index is 11.5. The predicted molar refractivity (Wildman–Crippen MR) is 89.9 cm³/mol. The number of carbonyl (C=O) groups excluding carboxylic acids is 2. The number of carbonyl (C=O) groups is 2. The van der Waals surface area contributed by atoms with Crippen LogP contribution in [0.25, 0.3) is 0 Å². The highest BCUT2D eigenvalue weighted by Gasteiger charge is 2.23. The molecule has 25 heavy (non-hydrogen) atoms. The first-order valence-corrected chi connectivity index (χ1v) is 7.78. The van der Waals surface area contributed by atoms with Gasteiger partial charge in [0.1, 0.15) is 11.7 Å². The summed E-state index contributed by atoms with van der Waals surface area (Å²) in [5, 5.41) is 32.5. The number of hydrogen-bond donors (Lipinski definition) is 4. The number of methoxy groups -OCH3 is 1. The molecule has 140 valence electrons. The maximum Gasteiger partial charge on any atom is 0.407 e. The van der Waals surface area contributed by atoms with Crippen LogP contribution in [0, 0.1) is 0 Å². The van der Waals surface area contributed by atoms with Gasteiger partial charge in [0, 0.05) is 12.1 Å². The van der Waals surface area contributed by atoms with E-state index < -0.39 is 23.9 Å². The number of aldehydes is 1. The third-order valence-electron chi connectivity index (χ3n) is 3.30. The van der Waals surface area contributed by atoms with Crippen molar-refractivity contribution in [2.45, 2.75) is 45.0 Å². The van der Waals surface area contributed by atoms with Crippen LogP contribution in [0.4, 0.5) is 4.79 Å². The maximum atomic E-state index is 11.5. The molecule has 0 radical (unpaired) electrons. The number of phenolic OH excluding ortho intramolecular Hbond substituents is 1. The molecule has 2 unspecified atom stereocenters. The molecule has 1 rings (SSSR count). The van der Waals surface area contributed by atoms with E-state index in [1.807, 2.05) is 0 Å². The Hall–Kier alpha value is -2.32. The minimum absolute atomic E-state index is 0.0297. The van der Waals surface area contributed by atoms with Gasteiger partial charge in [0.15, 0.2) is 17.8 Å². The lowest BCUT2D eigenvalue weighted by Gasteiger charge is -2.22. The van der Waals surface area contributed by atoms with Crippen molar-refractivity contribution < 1.29 is 34.4 Å². The molecule has 4 N–H and O–H groups in total. The number of ether oxygens (including phenoxy) is 2. The van der Waals surface area contributed by atoms with E-state index in [-0.39, 0.29) is 35.6 Å². The molecule has 0 aliphatic rings. The van der Waals surface area contributed by atoms with Crippen LogP contribution in [0.5, 0.6) is 11.5 Å². The van der Waals surface area contributed by atoms with Crippen LogP contribution >= 0.6 is 0 Å². The van der Waals surface area contributed by atoms with E-state index in [1.165, 1.54) is 13.2 Å². The molecule has 0 bridgehead atoms.